The predicted molar refractivity (Wildman–Crippen MR) is 75.8 cm³/mol. The highest BCUT2D eigenvalue weighted by molar-refractivity contribution is 9.10. The van der Waals surface area contributed by atoms with Gasteiger partial charge < -0.3 is 10.2 Å². The molecule has 2 amide bonds. The van der Waals surface area contributed by atoms with Gasteiger partial charge in [0.05, 0.1) is 12.2 Å². The maximum Gasteiger partial charge on any atom is 0.244 e. The predicted octanol–water partition coefficient (Wildman–Crippen LogP) is 2.83. The average molecular weight is 334 g/mol. The van der Waals surface area contributed by atoms with Gasteiger partial charge in [0.25, 0.3) is 0 Å². The molecule has 18 heavy (non-hydrogen) atoms. The number of carbonyl (C=O) groups excluding carboxylic acids is 2. The second kappa shape index (κ2) is 6.20. The van der Waals surface area contributed by atoms with Crippen LogP contribution in [-0.4, -0.2) is 30.3 Å². The largest absolute Gasteiger partial charge is 0.337 e. The van der Waals surface area contributed by atoms with Crippen LogP contribution >= 0.6 is 27.5 Å². The van der Waals surface area contributed by atoms with Crippen molar-refractivity contribution in [1.29, 1.82) is 0 Å². The molecular formula is C12H14BrClN2O2. The molecule has 0 fully saturated rings. The van der Waals surface area contributed by atoms with Crippen LogP contribution in [-0.2, 0) is 9.59 Å². The molecule has 0 aliphatic rings. The lowest BCUT2D eigenvalue weighted by Crippen LogP contribution is -2.33. The first-order valence-corrected chi connectivity index (χ1v) is 6.45. The molecular weight excluding hydrogens is 320 g/mol. The standard InChI is InChI=1S/C12H14BrClN2O2/c1-7-4-9(13)11(5-10(7)14)15-12(18)6-16(3)8(2)17/h4-5H,6H2,1-3H3,(H,15,18). The molecule has 0 aromatic heterocycles. The maximum absolute atomic E-state index is 11.7. The van der Waals surface area contributed by atoms with Gasteiger partial charge in [0, 0.05) is 23.5 Å². The van der Waals surface area contributed by atoms with Gasteiger partial charge in [-0.15, -0.1) is 0 Å². The molecule has 0 spiro atoms. The van der Waals surface area contributed by atoms with Crippen LogP contribution in [0.5, 0.6) is 0 Å². The summed E-state index contributed by atoms with van der Waals surface area (Å²) in [5.74, 6) is -0.431. The summed E-state index contributed by atoms with van der Waals surface area (Å²) in [5, 5.41) is 3.28. The molecule has 1 aromatic rings. The van der Waals surface area contributed by atoms with E-state index >= 15 is 0 Å². The number of likely N-dealkylation sites (N-methyl/N-ethyl adjacent to an activating group) is 1. The van der Waals surface area contributed by atoms with E-state index in [9.17, 15) is 9.59 Å². The molecule has 1 N–H and O–H groups in total. The quantitative estimate of drug-likeness (QED) is 0.924. The van der Waals surface area contributed by atoms with Gasteiger partial charge in [0.2, 0.25) is 11.8 Å². The van der Waals surface area contributed by atoms with E-state index in [1.165, 1.54) is 11.8 Å². The van der Waals surface area contributed by atoms with Crippen molar-refractivity contribution in [1.82, 2.24) is 4.90 Å². The SMILES string of the molecule is CC(=O)N(C)CC(=O)Nc1cc(Cl)c(C)cc1Br. The zero-order valence-electron chi connectivity index (χ0n) is 10.4. The molecule has 1 aromatic carbocycles. The lowest BCUT2D eigenvalue weighted by Gasteiger charge is -2.15. The Bertz CT molecular complexity index is 491. The van der Waals surface area contributed by atoms with Crippen molar-refractivity contribution in [3.05, 3.63) is 27.2 Å². The number of rotatable bonds is 3. The fourth-order valence-electron chi connectivity index (χ4n) is 1.26. The minimum Gasteiger partial charge on any atom is -0.337 e. The molecule has 4 nitrogen and oxygen atoms in total. The molecule has 0 heterocycles. The van der Waals surface area contributed by atoms with Crippen LogP contribution in [0.4, 0.5) is 5.69 Å². The highest BCUT2D eigenvalue weighted by Gasteiger charge is 2.11. The highest BCUT2D eigenvalue weighted by atomic mass is 79.9. The summed E-state index contributed by atoms with van der Waals surface area (Å²) < 4.78 is 0.753. The summed E-state index contributed by atoms with van der Waals surface area (Å²) in [6, 6.07) is 3.50. The Labute approximate surface area is 119 Å². The Morgan fingerprint density at radius 2 is 2.06 bits per heavy atom. The van der Waals surface area contributed by atoms with Crippen LogP contribution in [0.3, 0.4) is 0 Å². The van der Waals surface area contributed by atoms with Gasteiger partial charge in [-0.1, -0.05) is 11.6 Å². The summed E-state index contributed by atoms with van der Waals surface area (Å²) in [4.78, 5) is 24.1. The maximum atomic E-state index is 11.7. The van der Waals surface area contributed by atoms with Crippen molar-refractivity contribution < 1.29 is 9.59 Å². The zero-order valence-corrected chi connectivity index (χ0v) is 12.7. The summed E-state index contributed by atoms with van der Waals surface area (Å²) in [6.07, 6.45) is 0. The number of anilines is 1. The molecule has 1 rings (SSSR count). The molecule has 0 radical (unpaired) electrons. The molecule has 0 saturated heterocycles. The van der Waals surface area contributed by atoms with Gasteiger partial charge in [-0.05, 0) is 40.5 Å². The zero-order chi connectivity index (χ0) is 13.9. The Hall–Kier alpha value is -1.07. The van der Waals surface area contributed by atoms with E-state index in [0.717, 1.165) is 10.0 Å². The van der Waals surface area contributed by atoms with Crippen molar-refractivity contribution in [2.75, 3.05) is 18.9 Å². The van der Waals surface area contributed by atoms with E-state index in [4.69, 9.17) is 11.6 Å². The van der Waals surface area contributed by atoms with Gasteiger partial charge in [0.15, 0.2) is 0 Å². The minimum absolute atomic E-state index is 0.00721. The number of nitrogens with zero attached hydrogens (tertiary/aromatic N) is 1. The Balaban J connectivity index is 2.76. The van der Waals surface area contributed by atoms with Gasteiger partial charge in [-0.25, -0.2) is 0 Å². The van der Waals surface area contributed by atoms with E-state index in [1.54, 1.807) is 13.1 Å². The van der Waals surface area contributed by atoms with E-state index in [1.807, 2.05) is 13.0 Å². The second-order valence-corrected chi connectivity index (χ2v) is 5.27. The van der Waals surface area contributed by atoms with E-state index in [2.05, 4.69) is 21.2 Å². The van der Waals surface area contributed by atoms with Crippen molar-refractivity contribution >= 4 is 45.0 Å². The van der Waals surface area contributed by atoms with Gasteiger partial charge in [-0.2, -0.15) is 0 Å². The van der Waals surface area contributed by atoms with Crippen LogP contribution in [0.1, 0.15) is 12.5 Å². The fraction of sp³-hybridized carbons (Fsp3) is 0.333. The van der Waals surface area contributed by atoms with Gasteiger partial charge >= 0.3 is 0 Å². The van der Waals surface area contributed by atoms with Gasteiger partial charge in [0.1, 0.15) is 0 Å². The summed E-state index contributed by atoms with van der Waals surface area (Å²) in [7, 11) is 1.57. The van der Waals surface area contributed by atoms with Crippen LogP contribution in [0.15, 0.2) is 16.6 Å². The topological polar surface area (TPSA) is 49.4 Å². The number of amides is 2. The van der Waals surface area contributed by atoms with Crippen molar-refractivity contribution in [3.8, 4) is 0 Å². The lowest BCUT2D eigenvalue weighted by atomic mass is 10.2. The first-order valence-electron chi connectivity index (χ1n) is 5.28. The van der Waals surface area contributed by atoms with Gasteiger partial charge in [-0.3, -0.25) is 9.59 Å². The number of carbonyl (C=O) groups is 2. The lowest BCUT2D eigenvalue weighted by molar-refractivity contribution is -0.131. The molecule has 0 unspecified atom stereocenters. The average Bonchev–Trinajstić information content (AvgIpc) is 2.25. The molecule has 0 atom stereocenters. The number of nitrogens with one attached hydrogen (secondary N) is 1. The number of hydrogen-bond donors (Lipinski definition) is 1. The Morgan fingerprint density at radius 1 is 1.44 bits per heavy atom. The normalized spacial score (nSPS) is 10.1. The van der Waals surface area contributed by atoms with E-state index in [-0.39, 0.29) is 18.4 Å². The van der Waals surface area contributed by atoms with Crippen molar-refractivity contribution in [2.45, 2.75) is 13.8 Å². The van der Waals surface area contributed by atoms with Crippen LogP contribution in [0.25, 0.3) is 0 Å². The van der Waals surface area contributed by atoms with E-state index < -0.39 is 0 Å². The molecule has 6 heteroatoms. The number of hydrogen-bond acceptors (Lipinski definition) is 2. The first-order chi connectivity index (χ1) is 8.31. The Kier molecular flexibility index (Phi) is 5.16. The molecule has 0 bridgehead atoms. The summed E-state index contributed by atoms with van der Waals surface area (Å²) in [6.45, 7) is 3.29. The third-order valence-corrected chi connectivity index (χ3v) is 3.50. The molecule has 0 aliphatic heterocycles. The third-order valence-electron chi connectivity index (χ3n) is 2.44. The summed E-state index contributed by atoms with van der Waals surface area (Å²) in [5.41, 5.74) is 1.51. The number of benzene rings is 1. The highest BCUT2D eigenvalue weighted by Crippen LogP contribution is 2.29. The number of aryl methyl sites for hydroxylation is 1. The first kappa shape index (κ1) is 15.0. The monoisotopic (exact) mass is 332 g/mol. The van der Waals surface area contributed by atoms with Crippen LogP contribution < -0.4 is 5.32 Å². The van der Waals surface area contributed by atoms with Crippen LogP contribution in [0, 0.1) is 6.92 Å². The van der Waals surface area contributed by atoms with Crippen molar-refractivity contribution in [2.24, 2.45) is 0 Å². The van der Waals surface area contributed by atoms with Crippen molar-refractivity contribution in [3.63, 3.8) is 0 Å². The number of halogens is 2. The minimum atomic E-state index is -0.270. The second-order valence-electron chi connectivity index (χ2n) is 4.00. The molecule has 98 valence electrons. The molecule has 0 aliphatic carbocycles. The van der Waals surface area contributed by atoms with E-state index in [0.29, 0.717) is 10.7 Å². The smallest absolute Gasteiger partial charge is 0.244 e. The summed E-state index contributed by atoms with van der Waals surface area (Å²) >= 11 is 9.34. The van der Waals surface area contributed by atoms with Crippen LogP contribution in [0.2, 0.25) is 5.02 Å². The molecule has 0 saturated carbocycles. The Morgan fingerprint density at radius 3 is 2.61 bits per heavy atom. The fourth-order valence-corrected chi connectivity index (χ4v) is 1.98. The third kappa shape index (κ3) is 3.99.